The Kier molecular flexibility index (Phi) is 3.02. The summed E-state index contributed by atoms with van der Waals surface area (Å²) in [6, 6.07) is 4.85. The molecule has 5 nitrogen and oxygen atoms in total. The van der Waals surface area contributed by atoms with Gasteiger partial charge in [-0.3, -0.25) is 4.79 Å². The Hall–Kier alpha value is -1.66. The molecule has 0 aliphatic heterocycles. The number of rotatable bonds is 2. The molecule has 0 saturated heterocycles. The normalized spacial score (nSPS) is 10.1. The smallest absolute Gasteiger partial charge is 0.277 e. The third-order valence-electron chi connectivity index (χ3n) is 1.86. The van der Waals surface area contributed by atoms with Gasteiger partial charge in [0, 0.05) is 10.4 Å². The number of aromatic nitrogens is 2. The lowest BCUT2D eigenvalue weighted by Crippen LogP contribution is -2.13. The van der Waals surface area contributed by atoms with Gasteiger partial charge in [-0.1, -0.05) is 16.1 Å². The Balaban J connectivity index is 2.21. The number of nitrogens with zero attached hydrogens (tertiary/aromatic N) is 2. The van der Waals surface area contributed by atoms with Gasteiger partial charge in [0.2, 0.25) is 0 Å². The Morgan fingerprint density at radius 2 is 2.31 bits per heavy atom. The molecule has 3 N–H and O–H groups in total. The molecule has 0 atom stereocenters. The summed E-state index contributed by atoms with van der Waals surface area (Å²) in [5, 5.41) is 8.31. The Bertz CT molecular complexity index is 514. The first-order valence-electron chi connectivity index (χ1n) is 4.30. The van der Waals surface area contributed by atoms with Crippen molar-refractivity contribution in [2.75, 3.05) is 11.1 Å². The molecule has 0 aliphatic carbocycles. The molecule has 82 valence electrons. The van der Waals surface area contributed by atoms with E-state index in [-0.39, 0.29) is 11.6 Å². The van der Waals surface area contributed by atoms with Gasteiger partial charge < -0.3 is 11.1 Å². The van der Waals surface area contributed by atoms with Gasteiger partial charge in [-0.25, -0.2) is 0 Å². The van der Waals surface area contributed by atoms with Crippen LogP contribution in [0.3, 0.4) is 0 Å². The van der Waals surface area contributed by atoms with E-state index in [0.717, 1.165) is 11.5 Å². The van der Waals surface area contributed by atoms with Crippen molar-refractivity contribution in [1.82, 2.24) is 9.59 Å². The Morgan fingerprint density at radius 1 is 1.50 bits per heavy atom. The summed E-state index contributed by atoms with van der Waals surface area (Å²) in [6.45, 7) is 0. The van der Waals surface area contributed by atoms with Crippen LogP contribution in [-0.4, -0.2) is 15.5 Å². The maximum atomic E-state index is 11.6. The minimum Gasteiger partial charge on any atom is -0.397 e. The summed E-state index contributed by atoms with van der Waals surface area (Å²) < 4.78 is 3.60. The number of benzene rings is 1. The van der Waals surface area contributed by atoms with Crippen molar-refractivity contribution in [1.29, 1.82) is 0 Å². The van der Waals surface area contributed by atoms with E-state index < -0.39 is 0 Å². The van der Waals surface area contributed by atoms with Gasteiger partial charge in [0.15, 0.2) is 5.69 Å². The minimum atomic E-state index is -0.359. The molecule has 2 aromatic rings. The number of nitrogen functional groups attached to an aromatic ring is 1. The van der Waals surface area contributed by atoms with Crippen LogP contribution < -0.4 is 11.1 Å². The second-order valence-electron chi connectivity index (χ2n) is 2.98. The van der Waals surface area contributed by atoms with Crippen molar-refractivity contribution < 1.29 is 4.79 Å². The van der Waals surface area contributed by atoms with Crippen molar-refractivity contribution in [3.63, 3.8) is 0 Å². The zero-order chi connectivity index (χ0) is 11.5. The highest BCUT2D eigenvalue weighted by molar-refractivity contribution is 7.03. The number of nitrogens with two attached hydrogens (primary N) is 1. The molecule has 1 aromatic heterocycles. The summed E-state index contributed by atoms with van der Waals surface area (Å²) in [4.78, 5) is 11.6. The van der Waals surface area contributed by atoms with E-state index in [0.29, 0.717) is 16.4 Å². The predicted octanol–water partition coefficient (Wildman–Crippen LogP) is 2.03. The van der Waals surface area contributed by atoms with Crippen LogP contribution in [0, 0.1) is 0 Å². The summed E-state index contributed by atoms with van der Waals surface area (Å²) >= 11 is 6.90. The molecule has 0 unspecified atom stereocenters. The van der Waals surface area contributed by atoms with Crippen molar-refractivity contribution in [3.05, 3.63) is 34.3 Å². The fourth-order valence-electron chi connectivity index (χ4n) is 1.09. The van der Waals surface area contributed by atoms with Gasteiger partial charge in [0.1, 0.15) is 0 Å². The lowest BCUT2D eigenvalue weighted by Gasteiger charge is -2.06. The second-order valence-corrected chi connectivity index (χ2v) is 4.02. The molecule has 2 rings (SSSR count). The van der Waals surface area contributed by atoms with E-state index in [2.05, 4.69) is 14.9 Å². The van der Waals surface area contributed by atoms with E-state index in [9.17, 15) is 4.79 Å². The number of carbonyl (C=O) groups is 1. The highest BCUT2D eigenvalue weighted by Gasteiger charge is 2.10. The standard InChI is InChI=1S/C9H7ClN4OS/c10-5-1-2-6(11)7(3-5)12-9(15)8-4-16-14-13-8/h1-4H,11H2,(H,12,15). The number of halogens is 1. The number of anilines is 2. The largest absolute Gasteiger partial charge is 0.397 e. The number of hydrogen-bond acceptors (Lipinski definition) is 5. The van der Waals surface area contributed by atoms with E-state index in [1.807, 2.05) is 0 Å². The van der Waals surface area contributed by atoms with Crippen molar-refractivity contribution in [2.45, 2.75) is 0 Å². The van der Waals surface area contributed by atoms with Crippen LogP contribution >= 0.6 is 23.1 Å². The molecule has 0 saturated carbocycles. The Labute approximate surface area is 100 Å². The first kappa shape index (κ1) is 10.8. The van der Waals surface area contributed by atoms with Gasteiger partial charge in [0.05, 0.1) is 11.4 Å². The average Bonchev–Trinajstić information content (AvgIpc) is 2.76. The molecule has 0 bridgehead atoms. The zero-order valence-electron chi connectivity index (χ0n) is 7.98. The van der Waals surface area contributed by atoms with Gasteiger partial charge in [-0.05, 0) is 29.7 Å². The van der Waals surface area contributed by atoms with Crippen LogP contribution in [0.25, 0.3) is 0 Å². The monoisotopic (exact) mass is 254 g/mol. The van der Waals surface area contributed by atoms with Crippen molar-refractivity contribution in [3.8, 4) is 0 Å². The number of nitrogens with one attached hydrogen (secondary N) is 1. The molecule has 1 aromatic carbocycles. The SMILES string of the molecule is Nc1ccc(Cl)cc1NC(=O)c1csnn1. The van der Waals surface area contributed by atoms with Crippen molar-refractivity contribution >= 4 is 40.4 Å². The molecule has 7 heteroatoms. The highest BCUT2D eigenvalue weighted by atomic mass is 35.5. The zero-order valence-corrected chi connectivity index (χ0v) is 9.55. The molecule has 0 aliphatic rings. The number of carbonyl (C=O) groups excluding carboxylic acids is 1. The topological polar surface area (TPSA) is 80.9 Å². The van der Waals surface area contributed by atoms with Crippen LogP contribution in [-0.2, 0) is 0 Å². The first-order valence-corrected chi connectivity index (χ1v) is 5.51. The van der Waals surface area contributed by atoms with Gasteiger partial charge in [0.25, 0.3) is 5.91 Å². The maximum absolute atomic E-state index is 11.6. The maximum Gasteiger partial charge on any atom is 0.277 e. The average molecular weight is 255 g/mol. The molecule has 0 fully saturated rings. The fourth-order valence-corrected chi connectivity index (χ4v) is 1.70. The fraction of sp³-hybridized carbons (Fsp3) is 0. The molecule has 1 heterocycles. The third kappa shape index (κ3) is 2.29. The quantitative estimate of drug-likeness (QED) is 0.804. The molecule has 0 spiro atoms. The molecule has 16 heavy (non-hydrogen) atoms. The van der Waals surface area contributed by atoms with Gasteiger partial charge in [-0.15, -0.1) is 5.10 Å². The summed E-state index contributed by atoms with van der Waals surface area (Å²) in [6.07, 6.45) is 0. The van der Waals surface area contributed by atoms with Crippen LogP contribution in [0.15, 0.2) is 23.6 Å². The highest BCUT2D eigenvalue weighted by Crippen LogP contribution is 2.23. The van der Waals surface area contributed by atoms with E-state index in [1.165, 1.54) is 0 Å². The van der Waals surface area contributed by atoms with E-state index in [1.54, 1.807) is 23.6 Å². The molecule has 0 radical (unpaired) electrons. The van der Waals surface area contributed by atoms with Crippen LogP contribution in [0.5, 0.6) is 0 Å². The molecular formula is C9H7ClN4OS. The second kappa shape index (κ2) is 4.46. The summed E-state index contributed by atoms with van der Waals surface area (Å²) in [5.41, 5.74) is 6.85. The van der Waals surface area contributed by atoms with Crippen LogP contribution in [0.1, 0.15) is 10.5 Å². The Morgan fingerprint density at radius 3 is 3.00 bits per heavy atom. The first-order chi connectivity index (χ1) is 7.66. The van der Waals surface area contributed by atoms with Gasteiger partial charge in [-0.2, -0.15) is 0 Å². The molecular weight excluding hydrogens is 248 g/mol. The summed E-state index contributed by atoms with van der Waals surface area (Å²) in [7, 11) is 0. The minimum absolute atomic E-state index is 0.254. The van der Waals surface area contributed by atoms with Gasteiger partial charge >= 0.3 is 0 Å². The van der Waals surface area contributed by atoms with Crippen molar-refractivity contribution in [2.24, 2.45) is 0 Å². The van der Waals surface area contributed by atoms with Crippen LogP contribution in [0.2, 0.25) is 5.02 Å². The lowest BCUT2D eigenvalue weighted by atomic mass is 10.2. The van der Waals surface area contributed by atoms with E-state index in [4.69, 9.17) is 17.3 Å². The number of hydrogen-bond donors (Lipinski definition) is 2. The third-order valence-corrected chi connectivity index (χ3v) is 2.60. The summed E-state index contributed by atoms with van der Waals surface area (Å²) in [5.74, 6) is -0.359. The number of amides is 1. The van der Waals surface area contributed by atoms with E-state index >= 15 is 0 Å². The lowest BCUT2D eigenvalue weighted by molar-refractivity contribution is 0.102. The molecule has 1 amide bonds. The van der Waals surface area contributed by atoms with Crippen LogP contribution in [0.4, 0.5) is 11.4 Å². The predicted molar refractivity (Wildman–Crippen MR) is 63.7 cm³/mol.